The number of amides is 2. The monoisotopic (exact) mass is 311 g/mol. The lowest BCUT2D eigenvalue weighted by atomic mass is 9.81. The van der Waals surface area contributed by atoms with Gasteiger partial charge < -0.3 is 20.3 Å². The maximum absolute atomic E-state index is 11.8. The van der Waals surface area contributed by atoms with Crippen LogP contribution >= 0.6 is 0 Å². The topological polar surface area (TPSA) is 87.4 Å². The van der Waals surface area contributed by atoms with Crippen molar-refractivity contribution in [2.24, 2.45) is 11.3 Å². The smallest absolute Gasteiger partial charge is 0.315 e. The molecule has 0 aliphatic heterocycles. The normalized spacial score (nSPS) is 13.5. The number of aromatic nitrogens is 1. The van der Waals surface area contributed by atoms with Crippen molar-refractivity contribution in [1.29, 1.82) is 0 Å². The van der Waals surface area contributed by atoms with Gasteiger partial charge in [-0.15, -0.1) is 0 Å². The molecule has 0 spiro atoms. The molecule has 3 N–H and O–H groups in total. The van der Waals surface area contributed by atoms with E-state index in [1.807, 2.05) is 47.6 Å². The Morgan fingerprint density at radius 2 is 1.95 bits per heavy atom. The Bertz CT molecular complexity index is 481. The fraction of sp³-hybridized carbons (Fsp3) is 0.750. The average Bonchev–Trinajstić information content (AvgIpc) is 2.91. The molecule has 6 nitrogen and oxygen atoms in total. The Kier molecular flexibility index (Phi) is 6.41. The van der Waals surface area contributed by atoms with E-state index in [4.69, 9.17) is 4.52 Å². The van der Waals surface area contributed by atoms with E-state index in [9.17, 15) is 9.90 Å². The molecule has 1 unspecified atom stereocenters. The summed E-state index contributed by atoms with van der Waals surface area (Å²) < 4.78 is 5.16. The van der Waals surface area contributed by atoms with E-state index in [1.165, 1.54) is 0 Å². The van der Waals surface area contributed by atoms with Gasteiger partial charge in [0.15, 0.2) is 5.76 Å². The van der Waals surface area contributed by atoms with Crippen molar-refractivity contribution in [2.75, 3.05) is 6.54 Å². The highest BCUT2D eigenvalue weighted by molar-refractivity contribution is 5.73. The number of nitrogens with one attached hydrogen (secondary N) is 2. The van der Waals surface area contributed by atoms with Crippen LogP contribution in [0, 0.1) is 11.3 Å². The summed E-state index contributed by atoms with van der Waals surface area (Å²) in [7, 11) is 0. The second kappa shape index (κ2) is 7.63. The van der Waals surface area contributed by atoms with Crippen LogP contribution in [0.15, 0.2) is 10.6 Å². The highest BCUT2D eigenvalue weighted by Crippen LogP contribution is 2.25. The van der Waals surface area contributed by atoms with Crippen molar-refractivity contribution < 1.29 is 14.4 Å². The third kappa shape index (κ3) is 5.33. The second-order valence-electron chi connectivity index (χ2n) is 7.09. The number of carbonyl (C=O) groups excluding carboxylic acids is 1. The number of rotatable bonds is 7. The number of hydrogen-bond acceptors (Lipinski definition) is 4. The maximum atomic E-state index is 11.8. The van der Waals surface area contributed by atoms with E-state index in [0.29, 0.717) is 24.8 Å². The number of nitrogens with zero attached hydrogens (tertiary/aromatic N) is 1. The number of aliphatic hydroxyl groups is 1. The molecule has 0 aromatic carbocycles. The lowest BCUT2D eigenvalue weighted by Gasteiger charge is -2.33. The van der Waals surface area contributed by atoms with Crippen LogP contribution in [0.1, 0.15) is 58.9 Å². The minimum atomic E-state index is -0.476. The first kappa shape index (κ1) is 18.5. The summed E-state index contributed by atoms with van der Waals surface area (Å²) in [6.07, 6.45) is -0.476. The van der Waals surface area contributed by atoms with Gasteiger partial charge in [-0.05, 0) is 11.8 Å². The summed E-state index contributed by atoms with van der Waals surface area (Å²) in [5.74, 6) is 1.06. The van der Waals surface area contributed by atoms with Crippen LogP contribution in [0.5, 0.6) is 0 Å². The molecule has 0 saturated carbocycles. The van der Waals surface area contributed by atoms with Gasteiger partial charge in [0.2, 0.25) is 0 Å². The molecule has 1 aromatic heterocycles. The Hall–Kier alpha value is -1.56. The van der Waals surface area contributed by atoms with Gasteiger partial charge in [0.1, 0.15) is 0 Å². The molecule has 0 radical (unpaired) electrons. The Morgan fingerprint density at radius 1 is 1.32 bits per heavy atom. The first-order valence-corrected chi connectivity index (χ1v) is 7.78. The first-order chi connectivity index (χ1) is 10.1. The fourth-order valence-corrected chi connectivity index (χ4v) is 2.23. The molecule has 0 bridgehead atoms. The molecular weight excluding hydrogens is 282 g/mol. The number of aliphatic hydroxyl groups excluding tert-OH is 1. The van der Waals surface area contributed by atoms with E-state index >= 15 is 0 Å². The standard InChI is InChI=1S/C16H29N3O3/c1-10(2)13-7-12(22-19-13)8-17-15(21)18-9-16(5,6)14(20)11(3)4/h7,10-11,14,20H,8-9H2,1-6H3,(H2,17,18,21). The van der Waals surface area contributed by atoms with Gasteiger partial charge in [-0.25, -0.2) is 4.79 Å². The summed E-state index contributed by atoms with van der Waals surface area (Å²) in [5, 5.41) is 19.6. The van der Waals surface area contributed by atoms with Crippen molar-refractivity contribution in [2.45, 2.75) is 60.1 Å². The minimum absolute atomic E-state index is 0.142. The second-order valence-corrected chi connectivity index (χ2v) is 7.09. The van der Waals surface area contributed by atoms with E-state index in [1.54, 1.807) is 0 Å². The lowest BCUT2D eigenvalue weighted by Crippen LogP contribution is -2.46. The van der Waals surface area contributed by atoms with Crippen molar-refractivity contribution in [1.82, 2.24) is 15.8 Å². The van der Waals surface area contributed by atoms with E-state index in [2.05, 4.69) is 15.8 Å². The fourth-order valence-electron chi connectivity index (χ4n) is 2.23. The maximum Gasteiger partial charge on any atom is 0.315 e. The van der Waals surface area contributed by atoms with Crippen LogP contribution in [0.4, 0.5) is 4.79 Å². The predicted octanol–water partition coefficient (Wildman–Crippen LogP) is 2.64. The molecule has 0 aliphatic rings. The zero-order chi connectivity index (χ0) is 16.9. The van der Waals surface area contributed by atoms with Gasteiger partial charge in [-0.3, -0.25) is 0 Å². The number of hydrogen-bond donors (Lipinski definition) is 3. The summed E-state index contributed by atoms with van der Waals surface area (Å²) in [4.78, 5) is 11.8. The molecule has 0 fully saturated rings. The Balaban J connectivity index is 2.40. The predicted molar refractivity (Wildman–Crippen MR) is 85.5 cm³/mol. The zero-order valence-corrected chi connectivity index (χ0v) is 14.4. The SMILES string of the molecule is CC(C)c1cc(CNC(=O)NCC(C)(C)C(O)C(C)C)on1. The van der Waals surface area contributed by atoms with Crippen LogP contribution in [-0.2, 0) is 6.54 Å². The quantitative estimate of drug-likeness (QED) is 0.722. The van der Waals surface area contributed by atoms with Gasteiger partial charge in [-0.1, -0.05) is 46.7 Å². The molecule has 126 valence electrons. The van der Waals surface area contributed by atoms with E-state index < -0.39 is 6.10 Å². The van der Waals surface area contributed by atoms with Gasteiger partial charge >= 0.3 is 6.03 Å². The molecule has 1 atom stereocenters. The van der Waals surface area contributed by atoms with Gasteiger partial charge in [0.05, 0.1) is 18.3 Å². The Labute approximate surface area is 132 Å². The highest BCUT2D eigenvalue weighted by Gasteiger charge is 2.30. The largest absolute Gasteiger partial charge is 0.392 e. The van der Waals surface area contributed by atoms with Crippen LogP contribution in [0.2, 0.25) is 0 Å². The highest BCUT2D eigenvalue weighted by atomic mass is 16.5. The Morgan fingerprint density at radius 3 is 2.45 bits per heavy atom. The van der Waals surface area contributed by atoms with Gasteiger partial charge in [0, 0.05) is 18.0 Å². The van der Waals surface area contributed by atoms with Gasteiger partial charge in [0.25, 0.3) is 0 Å². The van der Waals surface area contributed by atoms with Gasteiger partial charge in [-0.2, -0.15) is 0 Å². The summed E-state index contributed by atoms with van der Waals surface area (Å²) in [5.41, 5.74) is 0.487. The molecule has 0 aliphatic carbocycles. The first-order valence-electron chi connectivity index (χ1n) is 7.78. The zero-order valence-electron chi connectivity index (χ0n) is 14.4. The molecule has 1 heterocycles. The number of carbonyl (C=O) groups is 1. The molecule has 1 aromatic rings. The van der Waals surface area contributed by atoms with E-state index in [-0.39, 0.29) is 17.4 Å². The molecule has 2 amide bonds. The third-order valence-electron chi connectivity index (χ3n) is 3.73. The minimum Gasteiger partial charge on any atom is -0.392 e. The van der Waals surface area contributed by atoms with Crippen molar-refractivity contribution in [3.8, 4) is 0 Å². The lowest BCUT2D eigenvalue weighted by molar-refractivity contribution is 0.0151. The molecule has 0 saturated heterocycles. The van der Waals surface area contributed by atoms with Crippen molar-refractivity contribution >= 4 is 6.03 Å². The molecular formula is C16H29N3O3. The molecule has 6 heteroatoms. The summed E-state index contributed by atoms with van der Waals surface area (Å²) in [6, 6.07) is 1.56. The summed E-state index contributed by atoms with van der Waals surface area (Å²) >= 11 is 0. The number of urea groups is 1. The van der Waals surface area contributed by atoms with Crippen molar-refractivity contribution in [3.05, 3.63) is 17.5 Å². The van der Waals surface area contributed by atoms with Crippen LogP contribution in [0.25, 0.3) is 0 Å². The average molecular weight is 311 g/mol. The van der Waals surface area contributed by atoms with Crippen molar-refractivity contribution in [3.63, 3.8) is 0 Å². The molecule has 1 rings (SSSR count). The van der Waals surface area contributed by atoms with E-state index in [0.717, 1.165) is 5.69 Å². The summed E-state index contributed by atoms with van der Waals surface area (Å²) in [6.45, 7) is 12.5. The van der Waals surface area contributed by atoms with Crippen LogP contribution in [-0.4, -0.2) is 28.9 Å². The van der Waals surface area contributed by atoms with Crippen LogP contribution in [0.3, 0.4) is 0 Å². The third-order valence-corrected chi connectivity index (χ3v) is 3.73. The molecule has 22 heavy (non-hydrogen) atoms. The van der Waals surface area contributed by atoms with Crippen LogP contribution < -0.4 is 10.6 Å².